The monoisotopic (exact) mass is 283 g/mol. The normalized spacial score (nSPS) is 10.0. The fourth-order valence-corrected chi connectivity index (χ4v) is 1.99. The van der Waals surface area contributed by atoms with Crippen molar-refractivity contribution in [1.82, 2.24) is 9.97 Å². The highest BCUT2D eigenvalue weighted by Gasteiger charge is 2.12. The van der Waals surface area contributed by atoms with Crippen molar-refractivity contribution in [3.63, 3.8) is 0 Å². The Balaban J connectivity index is 2.69. The van der Waals surface area contributed by atoms with Crippen molar-refractivity contribution in [3.05, 3.63) is 45.4 Å². The summed E-state index contributed by atoms with van der Waals surface area (Å²) in [6.45, 7) is 0. The summed E-state index contributed by atoms with van der Waals surface area (Å²) in [5, 5.41) is 10.1. The second-order valence-corrected chi connectivity index (χ2v) is 4.36. The van der Waals surface area contributed by atoms with Gasteiger partial charge in [0.25, 0.3) is 0 Å². The van der Waals surface area contributed by atoms with Crippen LogP contribution in [0.25, 0.3) is 11.1 Å². The number of nitrogens with zero attached hydrogens (tertiary/aromatic N) is 3. The molecule has 2 aromatic rings. The van der Waals surface area contributed by atoms with Gasteiger partial charge in [-0.05, 0) is 12.1 Å². The zero-order valence-electron chi connectivity index (χ0n) is 8.28. The molecule has 6 heteroatoms. The quantitative estimate of drug-likeness (QED) is 0.744. The molecule has 1 aromatic heterocycles. The molecule has 3 nitrogen and oxygen atoms in total. The second-order valence-electron chi connectivity index (χ2n) is 3.14. The minimum atomic E-state index is 0.236. The molecule has 0 saturated carbocycles. The lowest BCUT2D eigenvalue weighted by Gasteiger charge is -2.07. The molecule has 17 heavy (non-hydrogen) atoms. The van der Waals surface area contributed by atoms with Crippen molar-refractivity contribution in [2.24, 2.45) is 0 Å². The SMILES string of the molecule is N#Cc1ncncc1-c1cc(Cl)c(Cl)cc1Cl. The lowest BCUT2D eigenvalue weighted by molar-refractivity contribution is 1.14. The third kappa shape index (κ3) is 2.34. The van der Waals surface area contributed by atoms with Crippen LogP contribution < -0.4 is 0 Å². The number of hydrogen-bond acceptors (Lipinski definition) is 3. The number of aromatic nitrogens is 2. The molecule has 0 unspecified atom stereocenters. The highest BCUT2D eigenvalue weighted by Crippen LogP contribution is 2.35. The van der Waals surface area contributed by atoms with Gasteiger partial charge in [-0.15, -0.1) is 0 Å². The summed E-state index contributed by atoms with van der Waals surface area (Å²) >= 11 is 17.8. The topological polar surface area (TPSA) is 49.6 Å². The van der Waals surface area contributed by atoms with Gasteiger partial charge in [-0.3, -0.25) is 0 Å². The first kappa shape index (κ1) is 12.1. The van der Waals surface area contributed by atoms with Gasteiger partial charge in [0.15, 0.2) is 5.69 Å². The first-order chi connectivity index (χ1) is 8.13. The van der Waals surface area contributed by atoms with Crippen LogP contribution in [0.4, 0.5) is 0 Å². The number of nitriles is 1. The lowest BCUT2D eigenvalue weighted by atomic mass is 10.1. The Morgan fingerprint density at radius 1 is 1.00 bits per heavy atom. The fraction of sp³-hybridized carbons (Fsp3) is 0. The number of benzene rings is 1. The Labute approximate surface area is 113 Å². The third-order valence-corrected chi connectivity index (χ3v) is 3.15. The Morgan fingerprint density at radius 2 is 1.71 bits per heavy atom. The zero-order valence-corrected chi connectivity index (χ0v) is 10.6. The van der Waals surface area contributed by atoms with Crippen LogP contribution in [0, 0.1) is 11.3 Å². The largest absolute Gasteiger partial charge is 0.244 e. The van der Waals surface area contributed by atoms with E-state index in [0.29, 0.717) is 26.2 Å². The van der Waals surface area contributed by atoms with Crippen LogP contribution in [-0.4, -0.2) is 9.97 Å². The van der Waals surface area contributed by atoms with Crippen molar-refractivity contribution in [1.29, 1.82) is 5.26 Å². The van der Waals surface area contributed by atoms with E-state index in [-0.39, 0.29) is 5.69 Å². The maximum absolute atomic E-state index is 8.95. The maximum atomic E-state index is 8.95. The molecule has 2 rings (SSSR count). The molecule has 0 amide bonds. The second kappa shape index (κ2) is 4.89. The van der Waals surface area contributed by atoms with Gasteiger partial charge in [0.1, 0.15) is 12.4 Å². The number of rotatable bonds is 1. The standard InChI is InChI=1S/C11H4Cl3N3/c12-8-2-10(14)9(13)1-6(8)7-4-16-5-17-11(7)3-15/h1-2,4-5H. The smallest absolute Gasteiger partial charge is 0.151 e. The summed E-state index contributed by atoms with van der Waals surface area (Å²) in [5.74, 6) is 0. The molecular formula is C11H4Cl3N3. The number of hydrogen-bond donors (Lipinski definition) is 0. The predicted octanol–water partition coefficient (Wildman–Crippen LogP) is 3.98. The first-order valence-corrected chi connectivity index (χ1v) is 5.62. The molecule has 0 aliphatic carbocycles. The van der Waals surface area contributed by atoms with Gasteiger partial charge in [0.05, 0.1) is 15.1 Å². The lowest BCUT2D eigenvalue weighted by Crippen LogP contribution is -1.91. The first-order valence-electron chi connectivity index (χ1n) is 4.48. The minimum absolute atomic E-state index is 0.236. The summed E-state index contributed by atoms with van der Waals surface area (Å²) in [4.78, 5) is 7.73. The number of halogens is 3. The van der Waals surface area contributed by atoms with Crippen LogP contribution >= 0.6 is 34.8 Å². The summed E-state index contributed by atoms with van der Waals surface area (Å²) in [6.07, 6.45) is 2.81. The average molecular weight is 285 g/mol. The van der Waals surface area contributed by atoms with E-state index in [1.54, 1.807) is 6.07 Å². The van der Waals surface area contributed by atoms with E-state index in [2.05, 4.69) is 9.97 Å². The molecule has 0 atom stereocenters. The minimum Gasteiger partial charge on any atom is -0.244 e. The molecule has 1 aromatic carbocycles. The van der Waals surface area contributed by atoms with Crippen LogP contribution in [0.3, 0.4) is 0 Å². The van der Waals surface area contributed by atoms with E-state index >= 15 is 0 Å². The summed E-state index contributed by atoms with van der Waals surface area (Å²) in [6, 6.07) is 5.08. The van der Waals surface area contributed by atoms with E-state index < -0.39 is 0 Å². The predicted molar refractivity (Wildman–Crippen MR) is 67.2 cm³/mol. The van der Waals surface area contributed by atoms with E-state index in [1.807, 2.05) is 6.07 Å². The molecule has 0 aliphatic rings. The third-order valence-electron chi connectivity index (χ3n) is 2.12. The Morgan fingerprint density at radius 3 is 2.41 bits per heavy atom. The van der Waals surface area contributed by atoms with Crippen molar-refractivity contribution in [2.75, 3.05) is 0 Å². The van der Waals surface area contributed by atoms with Crippen molar-refractivity contribution in [3.8, 4) is 17.2 Å². The van der Waals surface area contributed by atoms with Crippen molar-refractivity contribution >= 4 is 34.8 Å². The van der Waals surface area contributed by atoms with Gasteiger partial charge in [0.2, 0.25) is 0 Å². The molecule has 0 fully saturated rings. The maximum Gasteiger partial charge on any atom is 0.151 e. The Bertz CT molecular complexity index is 620. The summed E-state index contributed by atoms with van der Waals surface area (Å²) in [7, 11) is 0. The summed E-state index contributed by atoms with van der Waals surface area (Å²) in [5.41, 5.74) is 1.34. The molecule has 0 radical (unpaired) electrons. The molecule has 0 bridgehead atoms. The van der Waals surface area contributed by atoms with Crippen LogP contribution in [0.1, 0.15) is 5.69 Å². The van der Waals surface area contributed by atoms with Gasteiger partial charge in [0, 0.05) is 17.3 Å². The van der Waals surface area contributed by atoms with Gasteiger partial charge in [-0.25, -0.2) is 9.97 Å². The Hall–Kier alpha value is -1.34. The van der Waals surface area contributed by atoms with Crippen LogP contribution in [-0.2, 0) is 0 Å². The average Bonchev–Trinajstić information content (AvgIpc) is 2.34. The van der Waals surface area contributed by atoms with Crippen molar-refractivity contribution < 1.29 is 0 Å². The molecule has 84 valence electrons. The molecule has 1 heterocycles. The van der Waals surface area contributed by atoms with E-state index in [0.717, 1.165) is 0 Å². The Kier molecular flexibility index (Phi) is 3.49. The van der Waals surface area contributed by atoms with E-state index in [1.165, 1.54) is 18.6 Å². The van der Waals surface area contributed by atoms with Crippen LogP contribution in [0.5, 0.6) is 0 Å². The van der Waals surface area contributed by atoms with Crippen LogP contribution in [0.2, 0.25) is 15.1 Å². The van der Waals surface area contributed by atoms with Gasteiger partial charge < -0.3 is 0 Å². The molecule has 0 N–H and O–H groups in total. The van der Waals surface area contributed by atoms with Gasteiger partial charge >= 0.3 is 0 Å². The molecule has 0 saturated heterocycles. The van der Waals surface area contributed by atoms with Gasteiger partial charge in [-0.1, -0.05) is 34.8 Å². The van der Waals surface area contributed by atoms with E-state index in [9.17, 15) is 0 Å². The molecule has 0 aliphatic heterocycles. The highest BCUT2D eigenvalue weighted by molar-refractivity contribution is 6.44. The fourth-order valence-electron chi connectivity index (χ4n) is 1.34. The molecule has 0 spiro atoms. The van der Waals surface area contributed by atoms with Crippen LogP contribution in [0.15, 0.2) is 24.7 Å². The van der Waals surface area contributed by atoms with Crippen molar-refractivity contribution in [2.45, 2.75) is 0 Å². The zero-order chi connectivity index (χ0) is 12.4. The van der Waals surface area contributed by atoms with E-state index in [4.69, 9.17) is 40.1 Å². The summed E-state index contributed by atoms with van der Waals surface area (Å²) < 4.78 is 0. The van der Waals surface area contributed by atoms with Gasteiger partial charge in [-0.2, -0.15) is 5.26 Å². The molecular weight excluding hydrogens is 281 g/mol. The highest BCUT2D eigenvalue weighted by atomic mass is 35.5.